The van der Waals surface area contributed by atoms with Crippen molar-refractivity contribution in [1.29, 1.82) is 0 Å². The monoisotopic (exact) mass is 409 g/mol. The molecule has 1 heterocycles. The van der Waals surface area contributed by atoms with E-state index in [2.05, 4.69) is 5.10 Å². The van der Waals surface area contributed by atoms with E-state index in [1.54, 1.807) is 0 Å². The Bertz CT molecular complexity index is 1050. The summed E-state index contributed by atoms with van der Waals surface area (Å²) in [5, 5.41) is 3.92. The minimum Gasteiger partial charge on any atom is -0.388 e. The molecule has 3 rings (SSSR count). The molecule has 0 radical (unpaired) electrons. The number of amides is 1. The van der Waals surface area contributed by atoms with Gasteiger partial charge in [-0.2, -0.15) is 17.9 Å². The number of benzene rings is 2. The molecule has 0 aliphatic rings. The quantitative estimate of drug-likeness (QED) is 0.607. The number of hydrogen-bond acceptors (Lipinski definition) is 4. The maximum Gasteiger partial charge on any atom is 0.437 e. The molecule has 0 aliphatic heterocycles. The van der Waals surface area contributed by atoms with Crippen LogP contribution >= 0.6 is 0 Å². The molecule has 1 amide bonds. The molecule has 152 valence electrons. The van der Waals surface area contributed by atoms with Crippen molar-refractivity contribution in [2.24, 2.45) is 0 Å². The van der Waals surface area contributed by atoms with Crippen LogP contribution in [-0.4, -0.2) is 27.6 Å². The number of likely N-dealkylation sites (N-methyl/N-ethyl adjacent to an activating group) is 1. The van der Waals surface area contributed by atoms with Gasteiger partial charge in [0.05, 0.1) is 5.56 Å². The van der Waals surface area contributed by atoms with E-state index < -0.39 is 35.8 Å². The third-order valence-corrected chi connectivity index (χ3v) is 4.11. The van der Waals surface area contributed by atoms with Crippen molar-refractivity contribution in [2.75, 3.05) is 7.05 Å². The summed E-state index contributed by atoms with van der Waals surface area (Å²) in [6.45, 7) is -0.366. The Morgan fingerprint density at radius 3 is 2.31 bits per heavy atom. The second-order valence-electron chi connectivity index (χ2n) is 6.28. The number of hydrogen-bond donors (Lipinski definition) is 0. The lowest BCUT2D eigenvalue weighted by Gasteiger charge is -2.17. The highest BCUT2D eigenvalue weighted by atomic mass is 19.4. The van der Waals surface area contributed by atoms with Gasteiger partial charge in [-0.15, -0.1) is 5.10 Å². The van der Waals surface area contributed by atoms with Crippen LogP contribution in [-0.2, 0) is 24.1 Å². The third-order valence-electron chi connectivity index (χ3n) is 4.11. The Morgan fingerprint density at radius 2 is 1.72 bits per heavy atom. The molecule has 3 aromatic rings. The van der Waals surface area contributed by atoms with Crippen LogP contribution < -0.4 is 5.76 Å². The van der Waals surface area contributed by atoms with Crippen LogP contribution in [0, 0.1) is 5.82 Å². The third kappa shape index (κ3) is 4.89. The SMILES string of the molecule is CN(Cc1ccc(C(F)(F)F)cc1)C(=O)Cn1nc(-c2ccc(F)cc2)oc1=O. The van der Waals surface area contributed by atoms with Gasteiger partial charge < -0.3 is 9.32 Å². The minimum absolute atomic E-state index is 0.0500. The van der Waals surface area contributed by atoms with Gasteiger partial charge in [0.2, 0.25) is 11.8 Å². The summed E-state index contributed by atoms with van der Waals surface area (Å²) < 4.78 is 56.6. The summed E-state index contributed by atoms with van der Waals surface area (Å²) in [6.07, 6.45) is -4.43. The molecule has 0 unspecified atom stereocenters. The Kier molecular flexibility index (Phi) is 5.53. The summed E-state index contributed by atoms with van der Waals surface area (Å²) in [6, 6.07) is 9.54. The highest BCUT2D eigenvalue weighted by molar-refractivity contribution is 5.75. The maximum atomic E-state index is 13.0. The lowest BCUT2D eigenvalue weighted by molar-refractivity contribution is -0.137. The second kappa shape index (κ2) is 7.90. The predicted octanol–water partition coefficient (Wildman–Crippen LogP) is 3.32. The molecule has 0 atom stereocenters. The van der Waals surface area contributed by atoms with Crippen LogP contribution in [0.1, 0.15) is 11.1 Å². The molecule has 0 aliphatic carbocycles. The second-order valence-corrected chi connectivity index (χ2v) is 6.28. The fourth-order valence-corrected chi connectivity index (χ4v) is 2.53. The topological polar surface area (TPSA) is 68.3 Å². The van der Waals surface area contributed by atoms with E-state index in [-0.39, 0.29) is 12.4 Å². The average molecular weight is 409 g/mol. The lowest BCUT2D eigenvalue weighted by Crippen LogP contribution is -2.33. The van der Waals surface area contributed by atoms with Crippen molar-refractivity contribution in [3.8, 4) is 11.5 Å². The molecule has 10 heteroatoms. The summed E-state index contributed by atoms with van der Waals surface area (Å²) in [4.78, 5) is 25.5. The molecule has 0 N–H and O–H groups in total. The highest BCUT2D eigenvalue weighted by Crippen LogP contribution is 2.29. The maximum absolute atomic E-state index is 13.0. The summed E-state index contributed by atoms with van der Waals surface area (Å²) in [5.41, 5.74) is 0.0823. The Morgan fingerprint density at radius 1 is 1.10 bits per heavy atom. The van der Waals surface area contributed by atoms with Crippen LogP contribution in [0.15, 0.2) is 57.7 Å². The summed E-state index contributed by atoms with van der Waals surface area (Å²) in [5.74, 6) is -1.88. The first-order valence-corrected chi connectivity index (χ1v) is 8.37. The first-order chi connectivity index (χ1) is 13.6. The largest absolute Gasteiger partial charge is 0.437 e. The molecule has 1 aromatic heterocycles. The van der Waals surface area contributed by atoms with Gasteiger partial charge in [-0.05, 0) is 42.0 Å². The number of alkyl halides is 3. The van der Waals surface area contributed by atoms with Crippen molar-refractivity contribution >= 4 is 5.91 Å². The minimum atomic E-state index is -4.43. The molecule has 29 heavy (non-hydrogen) atoms. The number of nitrogens with zero attached hydrogens (tertiary/aromatic N) is 3. The van der Waals surface area contributed by atoms with E-state index >= 15 is 0 Å². The normalized spacial score (nSPS) is 11.5. The van der Waals surface area contributed by atoms with Gasteiger partial charge in [0.25, 0.3) is 0 Å². The fourth-order valence-electron chi connectivity index (χ4n) is 2.53. The molecule has 0 fully saturated rings. The highest BCUT2D eigenvalue weighted by Gasteiger charge is 2.30. The number of carbonyl (C=O) groups excluding carboxylic acids is 1. The molecule has 0 saturated carbocycles. The lowest BCUT2D eigenvalue weighted by atomic mass is 10.1. The van der Waals surface area contributed by atoms with Gasteiger partial charge in [0, 0.05) is 19.2 Å². The molecular weight excluding hydrogens is 394 g/mol. The molecular formula is C19H15F4N3O3. The zero-order valence-electron chi connectivity index (χ0n) is 15.1. The Labute approximate surface area is 162 Å². The summed E-state index contributed by atoms with van der Waals surface area (Å²) >= 11 is 0. The van der Waals surface area contributed by atoms with Crippen molar-refractivity contribution in [3.63, 3.8) is 0 Å². The molecule has 0 saturated heterocycles. The van der Waals surface area contributed by atoms with E-state index in [4.69, 9.17) is 4.42 Å². The van der Waals surface area contributed by atoms with Gasteiger partial charge in [0.1, 0.15) is 12.4 Å². The van der Waals surface area contributed by atoms with Gasteiger partial charge in [-0.3, -0.25) is 4.79 Å². The van der Waals surface area contributed by atoms with Crippen LogP contribution in [0.3, 0.4) is 0 Å². The fraction of sp³-hybridized carbons (Fsp3) is 0.211. The van der Waals surface area contributed by atoms with Crippen molar-refractivity contribution in [1.82, 2.24) is 14.7 Å². The summed E-state index contributed by atoms with van der Waals surface area (Å²) in [7, 11) is 1.45. The van der Waals surface area contributed by atoms with Crippen LogP contribution in [0.5, 0.6) is 0 Å². The van der Waals surface area contributed by atoms with E-state index in [0.29, 0.717) is 11.1 Å². The average Bonchev–Trinajstić information content (AvgIpc) is 3.02. The molecule has 2 aromatic carbocycles. The molecule has 6 nitrogen and oxygen atoms in total. The standard InChI is InChI=1S/C19H15F4N3O3/c1-25(10-12-2-6-14(7-3-12)19(21,22)23)16(27)11-26-18(28)29-17(24-26)13-4-8-15(20)9-5-13/h2-9H,10-11H2,1H3. The van der Waals surface area contributed by atoms with Gasteiger partial charge >= 0.3 is 11.9 Å². The van der Waals surface area contributed by atoms with E-state index in [9.17, 15) is 27.2 Å². The van der Waals surface area contributed by atoms with E-state index in [1.165, 1.54) is 48.3 Å². The van der Waals surface area contributed by atoms with Crippen molar-refractivity contribution < 1.29 is 26.8 Å². The van der Waals surface area contributed by atoms with E-state index in [1.807, 2.05) is 0 Å². The van der Waals surface area contributed by atoms with Gasteiger partial charge in [0.15, 0.2) is 0 Å². The Hall–Kier alpha value is -3.43. The number of aromatic nitrogens is 2. The first-order valence-electron chi connectivity index (χ1n) is 8.37. The smallest absolute Gasteiger partial charge is 0.388 e. The van der Waals surface area contributed by atoms with E-state index in [0.717, 1.165) is 16.8 Å². The van der Waals surface area contributed by atoms with Crippen LogP contribution in [0.25, 0.3) is 11.5 Å². The van der Waals surface area contributed by atoms with Crippen molar-refractivity contribution in [3.05, 3.63) is 76.0 Å². The first kappa shape index (κ1) is 20.3. The molecule has 0 bridgehead atoms. The van der Waals surface area contributed by atoms with Crippen LogP contribution in [0.2, 0.25) is 0 Å². The zero-order valence-corrected chi connectivity index (χ0v) is 15.1. The molecule has 0 spiro atoms. The van der Waals surface area contributed by atoms with Crippen LogP contribution in [0.4, 0.5) is 17.6 Å². The number of carbonyl (C=O) groups is 1. The number of halogens is 4. The Balaban J connectivity index is 1.67. The van der Waals surface area contributed by atoms with Gasteiger partial charge in [-0.25, -0.2) is 9.18 Å². The predicted molar refractivity (Wildman–Crippen MR) is 94.1 cm³/mol. The van der Waals surface area contributed by atoms with Crippen molar-refractivity contribution in [2.45, 2.75) is 19.3 Å². The zero-order chi connectivity index (χ0) is 21.2. The van der Waals surface area contributed by atoms with Gasteiger partial charge in [-0.1, -0.05) is 12.1 Å². The number of rotatable bonds is 5.